The Labute approximate surface area is 92.8 Å². The predicted octanol–water partition coefficient (Wildman–Crippen LogP) is 4.26. The highest BCUT2D eigenvalue weighted by molar-refractivity contribution is 5.29. The second-order valence-corrected chi connectivity index (χ2v) is 5.54. The summed E-state index contributed by atoms with van der Waals surface area (Å²) in [6.45, 7) is 2.50. The first-order chi connectivity index (χ1) is 7.31. The number of rotatable bonds is 1. The van der Waals surface area contributed by atoms with Crippen LogP contribution in [0, 0.1) is 17.3 Å². The molecule has 0 spiro atoms. The molecular formula is C15H20. The van der Waals surface area contributed by atoms with Crippen LogP contribution in [0.15, 0.2) is 36.0 Å². The normalized spacial score (nSPS) is 43.1. The van der Waals surface area contributed by atoms with E-state index in [0.717, 1.165) is 11.8 Å². The maximum absolute atomic E-state index is 2.50. The summed E-state index contributed by atoms with van der Waals surface area (Å²) in [7, 11) is 0. The van der Waals surface area contributed by atoms with Crippen LogP contribution in [0.1, 0.15) is 39.0 Å². The topological polar surface area (TPSA) is 0 Å². The summed E-state index contributed by atoms with van der Waals surface area (Å²) >= 11 is 0. The molecule has 0 aromatic carbocycles. The van der Waals surface area contributed by atoms with Crippen LogP contribution in [0.3, 0.4) is 0 Å². The molecule has 0 aliphatic heterocycles. The lowest BCUT2D eigenvalue weighted by molar-refractivity contribution is 0.145. The van der Waals surface area contributed by atoms with Crippen molar-refractivity contribution in [3.05, 3.63) is 36.0 Å². The van der Waals surface area contributed by atoms with Crippen molar-refractivity contribution in [1.82, 2.24) is 0 Å². The number of hydrogen-bond acceptors (Lipinski definition) is 0. The van der Waals surface area contributed by atoms with Crippen molar-refractivity contribution in [3.8, 4) is 0 Å². The molecule has 0 radical (unpaired) electrons. The van der Waals surface area contributed by atoms with E-state index in [1.807, 2.05) is 0 Å². The molecular weight excluding hydrogens is 180 g/mol. The van der Waals surface area contributed by atoms with Gasteiger partial charge in [-0.05, 0) is 42.9 Å². The third kappa shape index (κ3) is 1.34. The molecule has 0 aromatic rings. The van der Waals surface area contributed by atoms with Crippen LogP contribution in [0.2, 0.25) is 0 Å². The van der Waals surface area contributed by atoms with E-state index in [1.165, 1.54) is 32.1 Å². The van der Waals surface area contributed by atoms with E-state index >= 15 is 0 Å². The Morgan fingerprint density at radius 1 is 1.27 bits per heavy atom. The number of allylic oxidation sites excluding steroid dienone is 6. The van der Waals surface area contributed by atoms with Crippen molar-refractivity contribution >= 4 is 0 Å². The van der Waals surface area contributed by atoms with E-state index in [0.29, 0.717) is 5.41 Å². The molecule has 80 valence electrons. The summed E-state index contributed by atoms with van der Waals surface area (Å²) in [6, 6.07) is 0. The zero-order chi connectivity index (χ0) is 10.3. The molecule has 0 saturated heterocycles. The van der Waals surface area contributed by atoms with Crippen LogP contribution in [0.25, 0.3) is 0 Å². The van der Waals surface area contributed by atoms with E-state index in [1.54, 1.807) is 5.57 Å². The molecule has 0 heterocycles. The van der Waals surface area contributed by atoms with E-state index in [9.17, 15) is 0 Å². The molecule has 3 aliphatic carbocycles. The lowest BCUT2D eigenvalue weighted by Crippen LogP contribution is -2.38. The van der Waals surface area contributed by atoms with Gasteiger partial charge in [-0.15, -0.1) is 0 Å². The van der Waals surface area contributed by atoms with Crippen molar-refractivity contribution < 1.29 is 0 Å². The molecule has 3 atom stereocenters. The van der Waals surface area contributed by atoms with Gasteiger partial charge in [-0.1, -0.05) is 49.3 Å². The minimum Gasteiger partial charge on any atom is -0.0844 e. The van der Waals surface area contributed by atoms with E-state index in [-0.39, 0.29) is 0 Å². The monoisotopic (exact) mass is 200 g/mol. The van der Waals surface area contributed by atoms with Crippen LogP contribution < -0.4 is 0 Å². The van der Waals surface area contributed by atoms with Crippen LogP contribution in [0.5, 0.6) is 0 Å². The molecule has 0 bridgehead atoms. The van der Waals surface area contributed by atoms with Gasteiger partial charge in [-0.25, -0.2) is 0 Å². The molecule has 1 fully saturated rings. The van der Waals surface area contributed by atoms with E-state index in [2.05, 4.69) is 37.3 Å². The van der Waals surface area contributed by atoms with Gasteiger partial charge in [0.2, 0.25) is 0 Å². The van der Waals surface area contributed by atoms with Gasteiger partial charge in [-0.3, -0.25) is 0 Å². The predicted molar refractivity (Wildman–Crippen MR) is 64.5 cm³/mol. The first kappa shape index (κ1) is 9.45. The standard InChI is InChI=1S/C15H20/c1-15(13-8-4-9-13)11-5-7-12-6-2-3-10-14(12)15/h2-3,6,8,10,12,14H,4-5,7,9,11H2,1H3. The maximum Gasteiger partial charge on any atom is -0.00478 e. The van der Waals surface area contributed by atoms with Crippen molar-refractivity contribution in [1.29, 1.82) is 0 Å². The lowest BCUT2D eigenvalue weighted by atomic mass is 9.56. The van der Waals surface area contributed by atoms with Gasteiger partial charge in [0.05, 0.1) is 0 Å². The van der Waals surface area contributed by atoms with Crippen LogP contribution in [-0.4, -0.2) is 0 Å². The molecule has 3 rings (SSSR count). The molecule has 3 unspecified atom stereocenters. The third-order valence-electron chi connectivity index (χ3n) is 4.76. The second-order valence-electron chi connectivity index (χ2n) is 5.54. The molecule has 0 N–H and O–H groups in total. The summed E-state index contributed by atoms with van der Waals surface area (Å²) in [4.78, 5) is 0. The van der Waals surface area contributed by atoms with Crippen molar-refractivity contribution in [2.75, 3.05) is 0 Å². The Hall–Kier alpha value is -0.780. The van der Waals surface area contributed by atoms with Crippen molar-refractivity contribution in [2.45, 2.75) is 39.0 Å². The summed E-state index contributed by atoms with van der Waals surface area (Å²) in [5.74, 6) is 1.60. The largest absolute Gasteiger partial charge is 0.0844 e. The zero-order valence-corrected chi connectivity index (χ0v) is 9.58. The highest BCUT2D eigenvalue weighted by Crippen LogP contribution is 2.54. The Morgan fingerprint density at radius 2 is 2.07 bits per heavy atom. The fraction of sp³-hybridized carbons (Fsp3) is 0.600. The van der Waals surface area contributed by atoms with Crippen LogP contribution in [-0.2, 0) is 0 Å². The molecule has 1 saturated carbocycles. The van der Waals surface area contributed by atoms with Gasteiger partial charge >= 0.3 is 0 Å². The van der Waals surface area contributed by atoms with Gasteiger partial charge in [0.1, 0.15) is 0 Å². The first-order valence-corrected chi connectivity index (χ1v) is 6.35. The highest BCUT2D eigenvalue weighted by Gasteiger charge is 2.43. The average molecular weight is 200 g/mol. The fourth-order valence-electron chi connectivity index (χ4n) is 3.67. The van der Waals surface area contributed by atoms with E-state index < -0.39 is 0 Å². The van der Waals surface area contributed by atoms with E-state index in [4.69, 9.17) is 0 Å². The quantitative estimate of drug-likeness (QED) is 0.555. The van der Waals surface area contributed by atoms with Gasteiger partial charge in [-0.2, -0.15) is 0 Å². The first-order valence-electron chi connectivity index (χ1n) is 6.35. The zero-order valence-electron chi connectivity index (χ0n) is 9.58. The van der Waals surface area contributed by atoms with Crippen molar-refractivity contribution in [2.24, 2.45) is 17.3 Å². The van der Waals surface area contributed by atoms with Gasteiger partial charge in [0.15, 0.2) is 0 Å². The molecule has 3 aliphatic rings. The smallest absolute Gasteiger partial charge is 0.00478 e. The van der Waals surface area contributed by atoms with Crippen molar-refractivity contribution in [3.63, 3.8) is 0 Å². The third-order valence-corrected chi connectivity index (χ3v) is 4.76. The number of hydrogen-bond donors (Lipinski definition) is 0. The molecule has 0 amide bonds. The maximum atomic E-state index is 2.50. The Kier molecular flexibility index (Phi) is 2.12. The lowest BCUT2D eigenvalue weighted by Gasteiger charge is -2.48. The summed E-state index contributed by atoms with van der Waals surface area (Å²) in [5.41, 5.74) is 2.24. The molecule has 15 heavy (non-hydrogen) atoms. The number of fused-ring (bicyclic) bond motifs is 1. The summed E-state index contributed by atoms with van der Waals surface area (Å²) in [5, 5.41) is 0. The minimum absolute atomic E-state index is 0.489. The SMILES string of the molecule is CC1(C2=CCC2)CCCC2C=CC=CC21. The fourth-order valence-corrected chi connectivity index (χ4v) is 3.67. The molecule has 0 heteroatoms. The average Bonchev–Trinajstić information content (AvgIpc) is 2.15. The Morgan fingerprint density at radius 3 is 2.80 bits per heavy atom. The molecule has 0 nitrogen and oxygen atoms in total. The Bertz CT molecular complexity index is 345. The van der Waals surface area contributed by atoms with Crippen LogP contribution >= 0.6 is 0 Å². The second kappa shape index (κ2) is 3.37. The minimum atomic E-state index is 0.489. The van der Waals surface area contributed by atoms with Gasteiger partial charge in [0, 0.05) is 0 Å². The summed E-state index contributed by atoms with van der Waals surface area (Å²) < 4.78 is 0. The summed E-state index contributed by atoms with van der Waals surface area (Å²) in [6.07, 6.45) is 18.8. The van der Waals surface area contributed by atoms with Crippen LogP contribution in [0.4, 0.5) is 0 Å². The Balaban J connectivity index is 1.94. The van der Waals surface area contributed by atoms with Gasteiger partial charge in [0.25, 0.3) is 0 Å². The van der Waals surface area contributed by atoms with Gasteiger partial charge < -0.3 is 0 Å². The molecule has 0 aromatic heterocycles. The highest BCUT2D eigenvalue weighted by atomic mass is 14.5.